The van der Waals surface area contributed by atoms with Gasteiger partial charge in [-0.1, -0.05) is 26.3 Å². The number of esters is 1. The summed E-state index contributed by atoms with van der Waals surface area (Å²) in [6, 6.07) is 11.1. The fraction of sp³-hybridized carbons (Fsp3) is 0.629. The summed E-state index contributed by atoms with van der Waals surface area (Å²) in [7, 11) is 0. The van der Waals surface area contributed by atoms with Gasteiger partial charge < -0.3 is 52.1 Å². The van der Waals surface area contributed by atoms with Gasteiger partial charge in [0.2, 0.25) is 0 Å². The van der Waals surface area contributed by atoms with Crippen LogP contribution in [0.2, 0.25) is 0 Å². The fourth-order valence-electron chi connectivity index (χ4n) is 4.19. The SMILES string of the molecule is CCCCOC(=O)c1ccc2c(c1)OCCOCCOCCOCCO2.CCc1ccc2c(c1)OCCOCCOCCOCCO2. The van der Waals surface area contributed by atoms with Gasteiger partial charge in [0.25, 0.3) is 0 Å². The van der Waals surface area contributed by atoms with Crippen molar-refractivity contribution < 1.29 is 56.9 Å². The maximum absolute atomic E-state index is 12.1. The highest BCUT2D eigenvalue weighted by Crippen LogP contribution is 2.30. The molecule has 0 radical (unpaired) electrons. The van der Waals surface area contributed by atoms with Gasteiger partial charge in [-0.25, -0.2) is 4.79 Å². The van der Waals surface area contributed by atoms with Crippen LogP contribution in [0.25, 0.3) is 0 Å². The van der Waals surface area contributed by atoms with Gasteiger partial charge in [-0.3, -0.25) is 0 Å². The van der Waals surface area contributed by atoms with Gasteiger partial charge in [-0.15, -0.1) is 0 Å². The molecule has 2 heterocycles. The smallest absolute Gasteiger partial charge is 0.338 e. The highest BCUT2D eigenvalue weighted by atomic mass is 16.6. The van der Waals surface area contributed by atoms with Crippen LogP contribution in [0, 0.1) is 0 Å². The minimum atomic E-state index is -0.363. The van der Waals surface area contributed by atoms with Gasteiger partial charge in [0.15, 0.2) is 23.0 Å². The Bertz CT molecular complexity index is 1110. The van der Waals surface area contributed by atoms with E-state index >= 15 is 0 Å². The van der Waals surface area contributed by atoms with Crippen LogP contribution in [0.15, 0.2) is 36.4 Å². The van der Waals surface area contributed by atoms with Gasteiger partial charge in [0.1, 0.15) is 26.4 Å². The lowest BCUT2D eigenvalue weighted by atomic mass is 10.1. The fourth-order valence-corrected chi connectivity index (χ4v) is 4.19. The van der Waals surface area contributed by atoms with E-state index in [1.165, 1.54) is 5.56 Å². The van der Waals surface area contributed by atoms with Crippen molar-refractivity contribution in [3.8, 4) is 23.0 Å². The topological polar surface area (TPSA) is 119 Å². The van der Waals surface area contributed by atoms with Crippen molar-refractivity contribution in [3.63, 3.8) is 0 Å². The van der Waals surface area contributed by atoms with Crippen molar-refractivity contribution in [1.82, 2.24) is 0 Å². The largest absolute Gasteiger partial charge is 0.487 e. The second-order valence-electron chi connectivity index (χ2n) is 10.4. The molecule has 0 spiro atoms. The first-order chi connectivity index (χ1) is 23.2. The predicted molar refractivity (Wildman–Crippen MR) is 174 cm³/mol. The van der Waals surface area contributed by atoms with Crippen LogP contribution in [0.1, 0.15) is 42.6 Å². The van der Waals surface area contributed by atoms with Gasteiger partial charge in [-0.2, -0.15) is 0 Å². The molecule has 2 aliphatic rings. The molecule has 4 rings (SSSR count). The molecule has 0 unspecified atom stereocenters. The molecule has 0 amide bonds. The quantitative estimate of drug-likeness (QED) is 0.330. The molecule has 2 aromatic rings. The van der Waals surface area contributed by atoms with Crippen molar-refractivity contribution in [1.29, 1.82) is 0 Å². The van der Waals surface area contributed by atoms with Crippen LogP contribution in [-0.2, 0) is 39.6 Å². The van der Waals surface area contributed by atoms with Crippen molar-refractivity contribution >= 4 is 5.97 Å². The van der Waals surface area contributed by atoms with Gasteiger partial charge in [-0.05, 0) is 48.7 Å². The monoisotopic (exact) mass is 664 g/mol. The van der Waals surface area contributed by atoms with E-state index in [1.54, 1.807) is 18.2 Å². The average molecular weight is 665 g/mol. The van der Waals surface area contributed by atoms with Crippen LogP contribution in [0.4, 0.5) is 0 Å². The first-order valence-electron chi connectivity index (χ1n) is 16.6. The molecule has 0 N–H and O–H groups in total. The number of aryl methyl sites for hydroxylation is 1. The standard InChI is InChI=1S/C19H28O7.C16H24O5/c1-2-3-6-26-19(20)16-4-5-17-18(15-16)25-14-12-23-10-8-21-7-9-22-11-13-24-17;1-2-14-3-4-15-16(13-14)21-12-10-19-8-6-17-5-7-18-9-11-20-15/h4-5,15H,2-3,6-14H2,1H3;3-4,13H,2,5-12H2,1H3. The second-order valence-corrected chi connectivity index (χ2v) is 10.4. The molecule has 0 aromatic heterocycles. The van der Waals surface area contributed by atoms with E-state index in [4.69, 9.17) is 52.1 Å². The van der Waals surface area contributed by atoms with Crippen LogP contribution >= 0.6 is 0 Å². The molecule has 0 bridgehead atoms. The number of ether oxygens (including phenoxy) is 11. The molecule has 0 saturated heterocycles. The normalized spacial score (nSPS) is 17.7. The van der Waals surface area contributed by atoms with Crippen LogP contribution in [0.5, 0.6) is 23.0 Å². The lowest BCUT2D eigenvalue weighted by Crippen LogP contribution is -2.13. The summed E-state index contributed by atoms with van der Waals surface area (Å²) >= 11 is 0. The number of fused-ring (bicyclic) bond motifs is 2. The van der Waals surface area contributed by atoms with Gasteiger partial charge in [0, 0.05) is 0 Å². The summed E-state index contributed by atoms with van der Waals surface area (Å²) in [4.78, 5) is 12.1. The Balaban J connectivity index is 0.000000261. The number of hydrogen-bond acceptors (Lipinski definition) is 12. The van der Waals surface area contributed by atoms with E-state index in [0.29, 0.717) is 129 Å². The number of benzene rings is 2. The lowest BCUT2D eigenvalue weighted by Gasteiger charge is -2.14. The Labute approximate surface area is 278 Å². The molecular weight excluding hydrogens is 612 g/mol. The molecule has 0 fully saturated rings. The highest BCUT2D eigenvalue weighted by molar-refractivity contribution is 5.90. The summed E-state index contributed by atoms with van der Waals surface area (Å²) in [6.07, 6.45) is 2.78. The van der Waals surface area contributed by atoms with Crippen molar-refractivity contribution in [2.45, 2.75) is 33.1 Å². The van der Waals surface area contributed by atoms with Crippen LogP contribution in [-0.4, -0.2) is 118 Å². The molecule has 12 nitrogen and oxygen atoms in total. The van der Waals surface area contributed by atoms with E-state index in [1.807, 2.05) is 19.1 Å². The third-order valence-electron chi connectivity index (χ3n) is 6.76. The molecule has 0 atom stereocenters. The maximum atomic E-state index is 12.1. The third-order valence-corrected chi connectivity index (χ3v) is 6.76. The van der Waals surface area contributed by atoms with E-state index in [-0.39, 0.29) is 5.97 Å². The summed E-state index contributed by atoms with van der Waals surface area (Å²) in [5.74, 6) is 2.21. The zero-order chi connectivity index (χ0) is 33.2. The molecule has 12 heteroatoms. The highest BCUT2D eigenvalue weighted by Gasteiger charge is 2.14. The maximum Gasteiger partial charge on any atom is 0.338 e. The Hall–Kier alpha value is -3.13. The molecule has 0 aliphatic carbocycles. The molecule has 2 aliphatic heterocycles. The summed E-state index contributed by atoms with van der Waals surface area (Å²) in [5.41, 5.74) is 1.66. The van der Waals surface area contributed by atoms with Crippen LogP contribution in [0.3, 0.4) is 0 Å². The molecule has 264 valence electrons. The average Bonchev–Trinajstić information content (AvgIpc) is 3.11. The van der Waals surface area contributed by atoms with Gasteiger partial charge >= 0.3 is 5.97 Å². The number of carbonyl (C=O) groups is 1. The second kappa shape index (κ2) is 25.0. The van der Waals surface area contributed by atoms with Crippen molar-refractivity contribution in [2.75, 3.05) is 112 Å². The molecule has 0 saturated carbocycles. The van der Waals surface area contributed by atoms with Crippen molar-refractivity contribution in [3.05, 3.63) is 47.5 Å². The van der Waals surface area contributed by atoms with Crippen LogP contribution < -0.4 is 18.9 Å². The summed E-state index contributed by atoms with van der Waals surface area (Å²) < 4.78 is 60.7. The van der Waals surface area contributed by atoms with E-state index < -0.39 is 0 Å². The first kappa shape index (κ1) is 38.3. The Kier molecular flexibility index (Phi) is 20.4. The lowest BCUT2D eigenvalue weighted by molar-refractivity contribution is 0.00708. The molecular formula is C35H52O12. The Morgan fingerprint density at radius 1 is 0.532 bits per heavy atom. The predicted octanol–water partition coefficient (Wildman–Crippen LogP) is 4.53. The Morgan fingerprint density at radius 3 is 1.38 bits per heavy atom. The zero-order valence-corrected chi connectivity index (χ0v) is 28.0. The molecule has 2 aromatic carbocycles. The number of unbranched alkanes of at least 4 members (excludes halogenated alkanes) is 1. The zero-order valence-electron chi connectivity index (χ0n) is 28.0. The van der Waals surface area contributed by atoms with Crippen molar-refractivity contribution in [2.24, 2.45) is 0 Å². The minimum absolute atomic E-state index is 0.348. The summed E-state index contributed by atoms with van der Waals surface area (Å²) in [5, 5.41) is 0. The molecule has 47 heavy (non-hydrogen) atoms. The Morgan fingerprint density at radius 2 is 0.936 bits per heavy atom. The number of carbonyl (C=O) groups excluding carboxylic acids is 1. The summed E-state index contributed by atoms with van der Waals surface area (Å²) in [6.45, 7) is 12.6. The number of hydrogen-bond donors (Lipinski definition) is 0. The minimum Gasteiger partial charge on any atom is -0.487 e. The van der Waals surface area contributed by atoms with E-state index in [9.17, 15) is 4.79 Å². The third kappa shape index (κ3) is 16.5. The van der Waals surface area contributed by atoms with E-state index in [0.717, 1.165) is 30.8 Å². The number of rotatable bonds is 5. The van der Waals surface area contributed by atoms with E-state index in [2.05, 4.69) is 13.0 Å². The first-order valence-corrected chi connectivity index (χ1v) is 16.6. The van der Waals surface area contributed by atoms with Gasteiger partial charge in [0.05, 0.1) is 91.5 Å².